The number of benzene rings is 1. The van der Waals surface area contributed by atoms with Crippen molar-refractivity contribution in [3.63, 3.8) is 0 Å². The van der Waals surface area contributed by atoms with Crippen molar-refractivity contribution in [1.82, 2.24) is 5.32 Å². The first-order valence-corrected chi connectivity index (χ1v) is 6.81. The van der Waals surface area contributed by atoms with Crippen LogP contribution in [-0.4, -0.2) is 38.8 Å². The molecule has 0 amide bonds. The molecule has 4 heteroatoms. The second-order valence-corrected chi connectivity index (χ2v) is 5.02. The van der Waals surface area contributed by atoms with Crippen LogP contribution in [-0.2, 0) is 9.53 Å². The summed E-state index contributed by atoms with van der Waals surface area (Å²) in [6, 6.07) is 8.61. The van der Waals surface area contributed by atoms with E-state index in [9.17, 15) is 4.79 Å². The lowest BCUT2D eigenvalue weighted by molar-refractivity contribution is -0.141. The normalized spacial score (nSPS) is 19.9. The van der Waals surface area contributed by atoms with Gasteiger partial charge < -0.3 is 15.0 Å². The fraction of sp³-hybridized carbons (Fsp3) is 0.533. The summed E-state index contributed by atoms with van der Waals surface area (Å²) < 4.78 is 4.81. The summed E-state index contributed by atoms with van der Waals surface area (Å²) in [7, 11) is 1.45. The fourth-order valence-electron chi connectivity index (χ4n) is 2.54. The maximum absolute atomic E-state index is 11.6. The third-order valence-corrected chi connectivity index (χ3v) is 3.54. The minimum Gasteiger partial charge on any atom is -0.469 e. The van der Waals surface area contributed by atoms with Crippen LogP contribution in [0.1, 0.15) is 18.4 Å². The van der Waals surface area contributed by atoms with Crippen LogP contribution in [0, 0.1) is 6.92 Å². The first kappa shape index (κ1) is 13.9. The van der Waals surface area contributed by atoms with E-state index >= 15 is 0 Å². The quantitative estimate of drug-likeness (QED) is 0.842. The van der Waals surface area contributed by atoms with Crippen LogP contribution in [0.25, 0.3) is 0 Å². The van der Waals surface area contributed by atoms with Gasteiger partial charge in [0.2, 0.25) is 0 Å². The van der Waals surface area contributed by atoms with E-state index in [-0.39, 0.29) is 12.0 Å². The van der Waals surface area contributed by atoms with Gasteiger partial charge in [-0.05, 0) is 37.6 Å². The zero-order valence-electron chi connectivity index (χ0n) is 11.7. The highest BCUT2D eigenvalue weighted by Crippen LogP contribution is 2.21. The molecular formula is C15H22N2O2. The van der Waals surface area contributed by atoms with E-state index in [0.29, 0.717) is 6.42 Å². The van der Waals surface area contributed by atoms with Gasteiger partial charge in [0, 0.05) is 18.8 Å². The van der Waals surface area contributed by atoms with Gasteiger partial charge >= 0.3 is 5.97 Å². The number of hydrogen-bond donors (Lipinski definition) is 1. The number of nitrogens with one attached hydrogen (secondary N) is 1. The standard InChI is InChI=1S/C15H22N2O2/c1-12-5-3-6-13(9-12)17-8-4-7-16-11-14(17)10-15(18)19-2/h3,5-6,9,14,16H,4,7-8,10-11H2,1-2H3. The Morgan fingerprint density at radius 1 is 1.53 bits per heavy atom. The van der Waals surface area contributed by atoms with Crippen molar-refractivity contribution in [2.75, 3.05) is 31.6 Å². The lowest BCUT2D eigenvalue weighted by atomic mass is 10.1. The molecule has 1 unspecified atom stereocenters. The van der Waals surface area contributed by atoms with Gasteiger partial charge in [-0.3, -0.25) is 4.79 Å². The van der Waals surface area contributed by atoms with Crippen molar-refractivity contribution < 1.29 is 9.53 Å². The van der Waals surface area contributed by atoms with E-state index in [1.54, 1.807) is 0 Å². The van der Waals surface area contributed by atoms with Gasteiger partial charge in [-0.25, -0.2) is 0 Å². The Bertz CT molecular complexity index is 434. The van der Waals surface area contributed by atoms with Gasteiger partial charge in [0.05, 0.1) is 19.6 Å². The van der Waals surface area contributed by atoms with Gasteiger partial charge in [0.25, 0.3) is 0 Å². The molecule has 1 saturated heterocycles. The lowest BCUT2D eigenvalue weighted by Gasteiger charge is -2.31. The van der Waals surface area contributed by atoms with Crippen LogP contribution < -0.4 is 10.2 Å². The van der Waals surface area contributed by atoms with Crippen LogP contribution in [0.5, 0.6) is 0 Å². The Morgan fingerprint density at radius 3 is 3.11 bits per heavy atom. The predicted octanol–water partition coefficient (Wildman–Crippen LogP) is 1.73. The Balaban J connectivity index is 2.19. The average Bonchev–Trinajstić information content (AvgIpc) is 2.64. The number of carbonyl (C=O) groups excluding carboxylic acids is 1. The molecule has 0 bridgehead atoms. The summed E-state index contributed by atoms with van der Waals surface area (Å²) >= 11 is 0. The molecule has 0 radical (unpaired) electrons. The van der Waals surface area contributed by atoms with Gasteiger partial charge in [0.1, 0.15) is 0 Å². The molecule has 1 aromatic carbocycles. The number of carbonyl (C=O) groups is 1. The Labute approximate surface area is 114 Å². The number of nitrogens with zero attached hydrogens (tertiary/aromatic N) is 1. The summed E-state index contributed by atoms with van der Waals surface area (Å²) in [4.78, 5) is 13.9. The van der Waals surface area contributed by atoms with E-state index in [0.717, 1.165) is 26.1 Å². The highest BCUT2D eigenvalue weighted by atomic mass is 16.5. The van der Waals surface area contributed by atoms with Crippen molar-refractivity contribution in [3.05, 3.63) is 29.8 Å². The molecule has 2 rings (SSSR count). The topological polar surface area (TPSA) is 41.6 Å². The van der Waals surface area contributed by atoms with E-state index < -0.39 is 0 Å². The molecule has 1 atom stereocenters. The first-order valence-electron chi connectivity index (χ1n) is 6.81. The Kier molecular flexibility index (Phi) is 4.80. The summed E-state index contributed by atoms with van der Waals surface area (Å²) in [5.74, 6) is -0.147. The largest absolute Gasteiger partial charge is 0.469 e. The number of aryl methyl sites for hydroxylation is 1. The van der Waals surface area contributed by atoms with Gasteiger partial charge in [0.15, 0.2) is 0 Å². The van der Waals surface area contributed by atoms with E-state index in [1.807, 2.05) is 0 Å². The first-order chi connectivity index (χ1) is 9.20. The summed E-state index contributed by atoms with van der Waals surface area (Å²) in [6.07, 6.45) is 1.52. The molecule has 104 valence electrons. The number of ether oxygens (including phenoxy) is 1. The van der Waals surface area contributed by atoms with Crippen molar-refractivity contribution in [2.24, 2.45) is 0 Å². The molecule has 0 aliphatic carbocycles. The molecular weight excluding hydrogens is 240 g/mol. The zero-order chi connectivity index (χ0) is 13.7. The SMILES string of the molecule is COC(=O)CC1CNCCCN1c1cccc(C)c1. The summed E-state index contributed by atoms with van der Waals surface area (Å²) in [5.41, 5.74) is 2.43. The van der Waals surface area contributed by atoms with Gasteiger partial charge in [-0.1, -0.05) is 12.1 Å². The minimum absolute atomic E-state index is 0.147. The monoisotopic (exact) mass is 262 g/mol. The number of hydrogen-bond acceptors (Lipinski definition) is 4. The second-order valence-electron chi connectivity index (χ2n) is 5.02. The molecule has 1 aliphatic heterocycles. The summed E-state index contributed by atoms with van der Waals surface area (Å²) in [6.45, 7) is 4.88. The van der Waals surface area contributed by atoms with Crippen LogP contribution in [0.15, 0.2) is 24.3 Å². The molecule has 1 N–H and O–H groups in total. The molecule has 0 aromatic heterocycles. The lowest BCUT2D eigenvalue weighted by Crippen LogP contribution is -2.41. The maximum Gasteiger partial charge on any atom is 0.307 e. The number of rotatable bonds is 3. The highest BCUT2D eigenvalue weighted by molar-refractivity contribution is 5.71. The molecule has 0 saturated carbocycles. The fourth-order valence-corrected chi connectivity index (χ4v) is 2.54. The number of methoxy groups -OCH3 is 1. The average molecular weight is 262 g/mol. The predicted molar refractivity (Wildman–Crippen MR) is 76.4 cm³/mol. The molecule has 1 aromatic rings. The van der Waals surface area contributed by atoms with Crippen molar-refractivity contribution in [1.29, 1.82) is 0 Å². The van der Waals surface area contributed by atoms with Gasteiger partial charge in [-0.15, -0.1) is 0 Å². The molecule has 1 fully saturated rings. The zero-order valence-corrected chi connectivity index (χ0v) is 11.7. The minimum atomic E-state index is -0.147. The van der Waals surface area contributed by atoms with E-state index in [2.05, 4.69) is 41.4 Å². The third kappa shape index (κ3) is 3.70. The number of anilines is 1. The molecule has 1 heterocycles. The molecule has 4 nitrogen and oxygen atoms in total. The maximum atomic E-state index is 11.6. The summed E-state index contributed by atoms with van der Waals surface area (Å²) in [5, 5.41) is 3.39. The Hall–Kier alpha value is -1.55. The van der Waals surface area contributed by atoms with Gasteiger partial charge in [-0.2, -0.15) is 0 Å². The smallest absolute Gasteiger partial charge is 0.307 e. The van der Waals surface area contributed by atoms with E-state index in [4.69, 9.17) is 4.74 Å². The molecule has 1 aliphatic rings. The van der Waals surface area contributed by atoms with Crippen LogP contribution in [0.2, 0.25) is 0 Å². The van der Waals surface area contributed by atoms with Crippen LogP contribution in [0.4, 0.5) is 5.69 Å². The van der Waals surface area contributed by atoms with E-state index in [1.165, 1.54) is 18.4 Å². The molecule has 0 spiro atoms. The van der Waals surface area contributed by atoms with Crippen LogP contribution in [0.3, 0.4) is 0 Å². The van der Waals surface area contributed by atoms with Crippen molar-refractivity contribution in [3.8, 4) is 0 Å². The molecule has 19 heavy (non-hydrogen) atoms. The third-order valence-electron chi connectivity index (χ3n) is 3.54. The van der Waals surface area contributed by atoms with Crippen LogP contribution >= 0.6 is 0 Å². The number of esters is 1. The van der Waals surface area contributed by atoms with Crippen molar-refractivity contribution in [2.45, 2.75) is 25.8 Å². The highest BCUT2D eigenvalue weighted by Gasteiger charge is 2.24. The second kappa shape index (κ2) is 6.57. The van der Waals surface area contributed by atoms with Crippen molar-refractivity contribution >= 4 is 11.7 Å². The Morgan fingerprint density at radius 2 is 2.37 bits per heavy atom.